The van der Waals surface area contributed by atoms with E-state index in [2.05, 4.69) is 11.0 Å². The van der Waals surface area contributed by atoms with E-state index < -0.39 is 0 Å². The maximum atomic E-state index is 12.3. The standard InChI is InChI=1S/C21H20N2O/c22-16-18-6-4-5-17(15-18)7-12-21(24)19-8-10-20(11-9-19)23-13-2-1-3-14-23/h4-12,15H,1-3,13-14H2/b12-7+. The second-order valence-corrected chi connectivity index (χ2v) is 6.03. The Morgan fingerprint density at radius 2 is 1.79 bits per heavy atom. The van der Waals surface area contributed by atoms with Gasteiger partial charge in [0.05, 0.1) is 11.6 Å². The molecule has 120 valence electrons. The van der Waals surface area contributed by atoms with Crippen LogP contribution in [0.25, 0.3) is 6.08 Å². The molecule has 1 heterocycles. The van der Waals surface area contributed by atoms with Crippen LogP contribution in [-0.2, 0) is 0 Å². The summed E-state index contributed by atoms with van der Waals surface area (Å²) in [5.41, 5.74) is 3.32. The normalized spacial score (nSPS) is 14.5. The molecule has 3 nitrogen and oxygen atoms in total. The van der Waals surface area contributed by atoms with Crippen LogP contribution in [0.5, 0.6) is 0 Å². The van der Waals surface area contributed by atoms with Gasteiger partial charge in [-0.2, -0.15) is 5.26 Å². The molecule has 0 N–H and O–H groups in total. The van der Waals surface area contributed by atoms with Crippen LogP contribution in [0, 0.1) is 11.3 Å². The van der Waals surface area contributed by atoms with Crippen LogP contribution in [0.3, 0.4) is 0 Å². The first-order valence-electron chi connectivity index (χ1n) is 8.34. The molecule has 3 heteroatoms. The zero-order chi connectivity index (χ0) is 16.8. The average Bonchev–Trinajstić information content (AvgIpc) is 2.67. The maximum Gasteiger partial charge on any atom is 0.185 e. The lowest BCUT2D eigenvalue weighted by molar-refractivity contribution is 0.104. The summed E-state index contributed by atoms with van der Waals surface area (Å²) in [6.07, 6.45) is 7.11. The summed E-state index contributed by atoms with van der Waals surface area (Å²) in [5.74, 6) is -0.0254. The Kier molecular flexibility index (Phi) is 5.08. The topological polar surface area (TPSA) is 44.1 Å². The summed E-state index contributed by atoms with van der Waals surface area (Å²) < 4.78 is 0. The van der Waals surface area contributed by atoms with E-state index in [4.69, 9.17) is 5.26 Å². The second-order valence-electron chi connectivity index (χ2n) is 6.03. The number of benzene rings is 2. The van der Waals surface area contributed by atoms with Crippen molar-refractivity contribution in [2.24, 2.45) is 0 Å². The molecule has 0 bridgehead atoms. The molecule has 3 rings (SSSR count). The second kappa shape index (κ2) is 7.61. The molecule has 1 fully saturated rings. The number of carbonyl (C=O) groups is 1. The van der Waals surface area contributed by atoms with E-state index >= 15 is 0 Å². The third-order valence-corrected chi connectivity index (χ3v) is 4.32. The highest BCUT2D eigenvalue weighted by Gasteiger charge is 2.11. The van der Waals surface area contributed by atoms with E-state index in [0.29, 0.717) is 11.1 Å². The predicted molar refractivity (Wildman–Crippen MR) is 97.0 cm³/mol. The monoisotopic (exact) mass is 316 g/mol. The van der Waals surface area contributed by atoms with Crippen molar-refractivity contribution in [2.45, 2.75) is 19.3 Å². The van der Waals surface area contributed by atoms with Crippen LogP contribution < -0.4 is 4.90 Å². The Hall–Kier alpha value is -2.86. The van der Waals surface area contributed by atoms with Crippen LogP contribution in [0.1, 0.15) is 40.7 Å². The third kappa shape index (κ3) is 3.91. The van der Waals surface area contributed by atoms with Crippen molar-refractivity contribution in [3.8, 4) is 6.07 Å². The first-order chi connectivity index (χ1) is 11.8. The molecule has 2 aromatic rings. The molecule has 0 radical (unpaired) electrons. The summed E-state index contributed by atoms with van der Waals surface area (Å²) in [6, 6.07) is 17.2. The zero-order valence-electron chi connectivity index (χ0n) is 13.6. The van der Waals surface area contributed by atoms with Crippen LogP contribution in [0.15, 0.2) is 54.6 Å². The molecule has 0 spiro atoms. The van der Waals surface area contributed by atoms with Gasteiger partial charge in [0.2, 0.25) is 0 Å². The Morgan fingerprint density at radius 1 is 1.04 bits per heavy atom. The first-order valence-corrected chi connectivity index (χ1v) is 8.34. The highest BCUT2D eigenvalue weighted by molar-refractivity contribution is 6.07. The van der Waals surface area contributed by atoms with E-state index in [1.54, 1.807) is 24.3 Å². The summed E-state index contributed by atoms with van der Waals surface area (Å²) >= 11 is 0. The number of nitriles is 1. The zero-order valence-corrected chi connectivity index (χ0v) is 13.6. The van der Waals surface area contributed by atoms with Crippen molar-refractivity contribution in [1.82, 2.24) is 0 Å². The summed E-state index contributed by atoms with van der Waals surface area (Å²) in [5, 5.41) is 8.91. The van der Waals surface area contributed by atoms with E-state index in [1.807, 2.05) is 36.4 Å². The Balaban J connectivity index is 1.68. The first kappa shape index (κ1) is 16.0. The molecule has 1 aliphatic rings. The van der Waals surface area contributed by atoms with Gasteiger partial charge in [-0.1, -0.05) is 18.2 Å². The number of nitrogens with zero attached hydrogens (tertiary/aromatic N) is 2. The van der Waals surface area contributed by atoms with Gasteiger partial charge in [0.25, 0.3) is 0 Å². The van der Waals surface area contributed by atoms with E-state index in [9.17, 15) is 4.79 Å². The fourth-order valence-electron chi connectivity index (χ4n) is 2.97. The van der Waals surface area contributed by atoms with Crippen molar-refractivity contribution in [1.29, 1.82) is 5.26 Å². The van der Waals surface area contributed by atoms with Crippen molar-refractivity contribution in [2.75, 3.05) is 18.0 Å². The van der Waals surface area contributed by atoms with E-state index in [0.717, 1.165) is 18.7 Å². The van der Waals surface area contributed by atoms with Gasteiger partial charge in [-0.05, 0) is 67.3 Å². The quantitative estimate of drug-likeness (QED) is 0.618. The minimum absolute atomic E-state index is 0.0254. The van der Waals surface area contributed by atoms with Crippen molar-refractivity contribution >= 4 is 17.5 Å². The lowest BCUT2D eigenvalue weighted by atomic mass is 10.1. The highest BCUT2D eigenvalue weighted by Crippen LogP contribution is 2.20. The lowest BCUT2D eigenvalue weighted by Gasteiger charge is -2.28. The maximum absolute atomic E-state index is 12.3. The van der Waals surface area contributed by atoms with Gasteiger partial charge in [0.15, 0.2) is 5.78 Å². The number of allylic oxidation sites excluding steroid dienone is 1. The molecule has 0 unspecified atom stereocenters. The average molecular weight is 316 g/mol. The van der Waals surface area contributed by atoms with Crippen LogP contribution >= 0.6 is 0 Å². The SMILES string of the molecule is N#Cc1cccc(/C=C/C(=O)c2ccc(N3CCCCC3)cc2)c1. The van der Waals surface area contributed by atoms with Crippen molar-refractivity contribution in [3.05, 3.63) is 71.3 Å². The van der Waals surface area contributed by atoms with Gasteiger partial charge in [-0.25, -0.2) is 0 Å². The van der Waals surface area contributed by atoms with E-state index in [1.165, 1.54) is 24.9 Å². The molecule has 0 atom stereocenters. The van der Waals surface area contributed by atoms with Crippen LogP contribution in [0.4, 0.5) is 5.69 Å². The van der Waals surface area contributed by atoms with Gasteiger partial charge in [0, 0.05) is 24.3 Å². The molecule has 1 aliphatic heterocycles. The van der Waals surface area contributed by atoms with E-state index in [-0.39, 0.29) is 5.78 Å². The molecular formula is C21H20N2O. The predicted octanol–water partition coefficient (Wildman–Crippen LogP) is 4.44. The Bertz CT molecular complexity index is 778. The summed E-state index contributed by atoms with van der Waals surface area (Å²) in [6.45, 7) is 2.20. The number of piperidine rings is 1. The lowest BCUT2D eigenvalue weighted by Crippen LogP contribution is -2.29. The van der Waals surface area contributed by atoms with Crippen LogP contribution in [0.2, 0.25) is 0 Å². The molecule has 2 aromatic carbocycles. The number of hydrogen-bond donors (Lipinski definition) is 0. The molecule has 1 saturated heterocycles. The highest BCUT2D eigenvalue weighted by atomic mass is 16.1. The molecule has 0 amide bonds. The number of anilines is 1. The fraction of sp³-hybridized carbons (Fsp3) is 0.238. The Morgan fingerprint density at radius 3 is 2.50 bits per heavy atom. The number of ketones is 1. The Labute approximate surface area is 142 Å². The van der Waals surface area contributed by atoms with Crippen molar-refractivity contribution < 1.29 is 4.79 Å². The van der Waals surface area contributed by atoms with Gasteiger partial charge < -0.3 is 4.90 Å². The molecule has 24 heavy (non-hydrogen) atoms. The minimum atomic E-state index is -0.0254. The molecule has 0 saturated carbocycles. The van der Waals surface area contributed by atoms with Gasteiger partial charge in [-0.3, -0.25) is 4.79 Å². The molecular weight excluding hydrogens is 296 g/mol. The third-order valence-electron chi connectivity index (χ3n) is 4.32. The summed E-state index contributed by atoms with van der Waals surface area (Å²) in [7, 11) is 0. The summed E-state index contributed by atoms with van der Waals surface area (Å²) in [4.78, 5) is 14.7. The van der Waals surface area contributed by atoms with Crippen LogP contribution in [-0.4, -0.2) is 18.9 Å². The van der Waals surface area contributed by atoms with Crippen molar-refractivity contribution in [3.63, 3.8) is 0 Å². The largest absolute Gasteiger partial charge is 0.372 e. The number of carbonyl (C=O) groups excluding carboxylic acids is 1. The van der Waals surface area contributed by atoms with Gasteiger partial charge in [-0.15, -0.1) is 0 Å². The number of rotatable bonds is 4. The minimum Gasteiger partial charge on any atom is -0.372 e. The fourth-order valence-corrected chi connectivity index (χ4v) is 2.97. The van der Waals surface area contributed by atoms with Gasteiger partial charge >= 0.3 is 0 Å². The smallest absolute Gasteiger partial charge is 0.185 e. The number of hydrogen-bond acceptors (Lipinski definition) is 3. The molecule has 0 aromatic heterocycles. The van der Waals surface area contributed by atoms with Gasteiger partial charge in [0.1, 0.15) is 0 Å². The molecule has 0 aliphatic carbocycles.